The molecule has 0 aromatic heterocycles. The van der Waals surface area contributed by atoms with Gasteiger partial charge in [-0.3, -0.25) is 0 Å². The highest BCUT2D eigenvalue weighted by Crippen LogP contribution is 2.46. The van der Waals surface area contributed by atoms with Crippen LogP contribution >= 0.6 is 23.5 Å². The molecule has 0 aliphatic carbocycles. The lowest BCUT2D eigenvalue weighted by Gasteiger charge is -2.30. The molecule has 0 spiro atoms. The molecule has 0 radical (unpaired) electrons. The fourth-order valence-corrected chi connectivity index (χ4v) is 6.05. The first-order chi connectivity index (χ1) is 13.0. The van der Waals surface area contributed by atoms with Crippen LogP contribution in [0, 0.1) is 0 Å². The van der Waals surface area contributed by atoms with Crippen molar-refractivity contribution in [1.82, 2.24) is 0 Å². The van der Waals surface area contributed by atoms with E-state index in [-0.39, 0.29) is 10.8 Å². The lowest BCUT2D eigenvalue weighted by atomic mass is 9.78. The molecule has 0 aliphatic rings. The Hall–Kier alpha value is -0.280. The van der Waals surface area contributed by atoms with E-state index in [1.54, 1.807) is 0 Å². The summed E-state index contributed by atoms with van der Waals surface area (Å²) in [7, 11) is 0. The van der Waals surface area contributed by atoms with Crippen LogP contribution in [0.5, 0.6) is 5.75 Å². The molecule has 0 heterocycles. The predicted molar refractivity (Wildman–Crippen MR) is 132 cm³/mol. The normalized spacial score (nSPS) is 12.8. The Kier molecular flexibility index (Phi) is 10.8. The Labute approximate surface area is 183 Å². The lowest BCUT2D eigenvalue weighted by Crippen LogP contribution is -2.18. The number of thioether (sulfide) groups is 2. The van der Waals surface area contributed by atoms with Crippen LogP contribution in [-0.2, 0) is 10.8 Å². The Balaban J connectivity index is 3.24. The number of hydrogen-bond acceptors (Lipinski definition) is 3. The van der Waals surface area contributed by atoms with E-state index in [0.717, 1.165) is 11.1 Å². The third-order valence-corrected chi connectivity index (χ3v) is 8.07. The molecule has 1 rings (SSSR count). The molecule has 1 aromatic rings. The van der Waals surface area contributed by atoms with Crippen molar-refractivity contribution in [1.29, 1.82) is 0 Å². The number of phenolic OH excluding ortho intramolecular Hbond substituents is 1. The molecule has 1 aromatic carbocycles. The topological polar surface area (TPSA) is 20.2 Å². The van der Waals surface area contributed by atoms with Crippen LogP contribution in [0.3, 0.4) is 0 Å². The molecule has 0 fully saturated rings. The van der Waals surface area contributed by atoms with Crippen molar-refractivity contribution in [2.75, 3.05) is 11.5 Å². The van der Waals surface area contributed by atoms with Crippen LogP contribution in [0.15, 0.2) is 12.1 Å². The molecule has 0 saturated heterocycles. The summed E-state index contributed by atoms with van der Waals surface area (Å²) in [6, 6.07) is 4.57. The van der Waals surface area contributed by atoms with Crippen molar-refractivity contribution in [3.05, 3.63) is 28.8 Å². The summed E-state index contributed by atoms with van der Waals surface area (Å²) in [4.78, 5) is 0. The Bertz CT molecular complexity index is 534. The Morgan fingerprint density at radius 2 is 1.14 bits per heavy atom. The van der Waals surface area contributed by atoms with Gasteiger partial charge < -0.3 is 5.11 Å². The summed E-state index contributed by atoms with van der Waals surface area (Å²) in [6.07, 6.45) is 7.77. The minimum atomic E-state index is -0.0651. The molecule has 0 amide bonds. The minimum Gasteiger partial charge on any atom is -0.507 e. The number of phenols is 1. The molecular formula is C25H44OS2. The monoisotopic (exact) mass is 424 g/mol. The fourth-order valence-electron chi connectivity index (χ4n) is 3.26. The number of hydrogen-bond donors (Lipinski definition) is 1. The molecule has 162 valence electrons. The lowest BCUT2D eigenvalue weighted by molar-refractivity contribution is 0.423. The van der Waals surface area contributed by atoms with Gasteiger partial charge in [0.2, 0.25) is 0 Å². The van der Waals surface area contributed by atoms with Crippen LogP contribution in [0.25, 0.3) is 0 Å². The van der Waals surface area contributed by atoms with E-state index in [0.29, 0.717) is 10.3 Å². The second-order valence-corrected chi connectivity index (χ2v) is 12.7. The predicted octanol–water partition coefficient (Wildman–Crippen LogP) is 8.83. The first-order valence-corrected chi connectivity index (χ1v) is 13.2. The molecule has 0 aliphatic heterocycles. The van der Waals surface area contributed by atoms with Gasteiger partial charge in [0.1, 0.15) is 5.75 Å². The van der Waals surface area contributed by atoms with E-state index in [4.69, 9.17) is 0 Å². The van der Waals surface area contributed by atoms with Crippen molar-refractivity contribution in [2.45, 2.75) is 109 Å². The molecule has 1 N–H and O–H groups in total. The number of rotatable bonds is 11. The first-order valence-electron chi connectivity index (χ1n) is 11.1. The van der Waals surface area contributed by atoms with Gasteiger partial charge in [0, 0.05) is 0 Å². The van der Waals surface area contributed by atoms with E-state index in [1.165, 1.54) is 55.6 Å². The summed E-state index contributed by atoms with van der Waals surface area (Å²) in [5.74, 6) is 2.93. The van der Waals surface area contributed by atoms with E-state index in [1.807, 2.05) is 0 Å². The standard InChI is InChI=1S/C25H44OS2/c1-9-11-13-15-27-23(28-16-14-12-10-2)19-17-20(24(3,4)5)22(26)21(18-19)25(6,7)8/h17-18,23,26H,9-16H2,1-8H3. The summed E-state index contributed by atoms with van der Waals surface area (Å²) in [6.45, 7) is 17.8. The van der Waals surface area contributed by atoms with Gasteiger partial charge in [-0.15, -0.1) is 23.5 Å². The van der Waals surface area contributed by atoms with Crippen molar-refractivity contribution in [3.63, 3.8) is 0 Å². The smallest absolute Gasteiger partial charge is 0.123 e. The molecule has 0 unspecified atom stereocenters. The zero-order valence-corrected chi connectivity index (χ0v) is 21.3. The third-order valence-electron chi connectivity index (χ3n) is 5.05. The average molecular weight is 425 g/mol. The van der Waals surface area contributed by atoms with Crippen LogP contribution in [0.2, 0.25) is 0 Å². The zero-order valence-electron chi connectivity index (χ0n) is 19.7. The Morgan fingerprint density at radius 1 is 0.750 bits per heavy atom. The average Bonchev–Trinajstić information content (AvgIpc) is 2.58. The maximum atomic E-state index is 11.0. The molecule has 3 heteroatoms. The van der Waals surface area contributed by atoms with Gasteiger partial charge in [-0.25, -0.2) is 0 Å². The van der Waals surface area contributed by atoms with Gasteiger partial charge in [-0.05, 0) is 64.0 Å². The minimum absolute atomic E-state index is 0.0651. The van der Waals surface area contributed by atoms with E-state index in [9.17, 15) is 5.11 Å². The molecular weight excluding hydrogens is 380 g/mol. The summed E-state index contributed by atoms with van der Waals surface area (Å²) >= 11 is 4.20. The second kappa shape index (κ2) is 11.8. The van der Waals surface area contributed by atoms with E-state index < -0.39 is 0 Å². The SMILES string of the molecule is CCCCCSC(SCCCCC)c1cc(C(C)(C)C)c(O)c(C(C)(C)C)c1. The molecule has 28 heavy (non-hydrogen) atoms. The van der Waals surface area contributed by atoms with Crippen molar-refractivity contribution in [2.24, 2.45) is 0 Å². The second-order valence-electron chi connectivity index (χ2n) is 9.95. The van der Waals surface area contributed by atoms with Crippen LogP contribution in [-0.4, -0.2) is 16.6 Å². The number of benzene rings is 1. The van der Waals surface area contributed by atoms with Crippen LogP contribution in [0.1, 0.15) is 115 Å². The third kappa shape index (κ3) is 8.22. The van der Waals surface area contributed by atoms with Crippen LogP contribution in [0.4, 0.5) is 0 Å². The van der Waals surface area contributed by atoms with Crippen LogP contribution < -0.4 is 0 Å². The molecule has 1 nitrogen and oxygen atoms in total. The highest BCUT2D eigenvalue weighted by Gasteiger charge is 2.28. The Morgan fingerprint density at radius 3 is 1.46 bits per heavy atom. The maximum absolute atomic E-state index is 11.0. The highest BCUT2D eigenvalue weighted by atomic mass is 32.2. The molecule has 0 bridgehead atoms. The van der Waals surface area contributed by atoms with Gasteiger partial charge in [0.25, 0.3) is 0 Å². The maximum Gasteiger partial charge on any atom is 0.123 e. The number of aromatic hydroxyl groups is 1. The highest BCUT2D eigenvalue weighted by molar-refractivity contribution is 8.16. The number of unbranched alkanes of at least 4 members (excludes halogenated alkanes) is 4. The van der Waals surface area contributed by atoms with E-state index in [2.05, 4.69) is 91.0 Å². The quantitative estimate of drug-likeness (QED) is 0.283. The summed E-state index contributed by atoms with van der Waals surface area (Å²) < 4.78 is 0.455. The summed E-state index contributed by atoms with van der Waals surface area (Å²) in [5, 5.41) is 11.0. The fraction of sp³-hybridized carbons (Fsp3) is 0.760. The first kappa shape index (κ1) is 25.8. The van der Waals surface area contributed by atoms with Gasteiger partial charge in [0.05, 0.1) is 4.58 Å². The van der Waals surface area contributed by atoms with Gasteiger partial charge in [0.15, 0.2) is 0 Å². The van der Waals surface area contributed by atoms with Crippen molar-refractivity contribution in [3.8, 4) is 5.75 Å². The zero-order chi connectivity index (χ0) is 21.4. The van der Waals surface area contributed by atoms with Crippen molar-refractivity contribution >= 4 is 23.5 Å². The van der Waals surface area contributed by atoms with Crippen molar-refractivity contribution < 1.29 is 5.11 Å². The molecule has 0 saturated carbocycles. The molecule has 0 atom stereocenters. The largest absolute Gasteiger partial charge is 0.507 e. The van der Waals surface area contributed by atoms with Gasteiger partial charge in [-0.2, -0.15) is 0 Å². The van der Waals surface area contributed by atoms with E-state index >= 15 is 0 Å². The van der Waals surface area contributed by atoms with Gasteiger partial charge >= 0.3 is 0 Å². The summed E-state index contributed by atoms with van der Waals surface area (Å²) in [5.41, 5.74) is 3.43. The van der Waals surface area contributed by atoms with Gasteiger partial charge in [-0.1, -0.05) is 81.1 Å².